The van der Waals surface area contributed by atoms with Gasteiger partial charge in [-0.1, -0.05) is 6.07 Å². The highest BCUT2D eigenvalue weighted by Crippen LogP contribution is 2.27. The van der Waals surface area contributed by atoms with E-state index in [1.807, 2.05) is 0 Å². The maximum atomic E-state index is 13.5. The fourth-order valence-corrected chi connectivity index (χ4v) is 2.63. The minimum Gasteiger partial charge on any atom is -0.384 e. The molecule has 0 fully saturated rings. The number of amidine groups is 1. The molecule has 0 aromatic heterocycles. The molecule has 0 saturated heterocycles. The van der Waals surface area contributed by atoms with E-state index in [-0.39, 0.29) is 22.0 Å². The highest BCUT2D eigenvalue weighted by molar-refractivity contribution is 7.98. The van der Waals surface area contributed by atoms with E-state index < -0.39 is 17.5 Å². The summed E-state index contributed by atoms with van der Waals surface area (Å²) in [5.74, 6) is -1.56. The lowest BCUT2D eigenvalue weighted by molar-refractivity contribution is 0.577. The molecule has 0 aliphatic heterocycles. The van der Waals surface area contributed by atoms with E-state index in [0.717, 1.165) is 36.0 Å². The van der Waals surface area contributed by atoms with Gasteiger partial charge in [-0.05, 0) is 35.9 Å². The highest BCUT2D eigenvalue weighted by Gasteiger charge is 2.10. The molecule has 2 rings (SSSR count). The first-order valence-corrected chi connectivity index (χ1v) is 6.66. The molecule has 104 valence electrons. The molecule has 0 spiro atoms. The molecule has 2 aromatic rings. The van der Waals surface area contributed by atoms with Crippen LogP contribution in [-0.2, 0) is 5.75 Å². The second kappa shape index (κ2) is 6.00. The van der Waals surface area contributed by atoms with Crippen molar-refractivity contribution in [3.8, 4) is 0 Å². The van der Waals surface area contributed by atoms with E-state index in [0.29, 0.717) is 5.56 Å². The molecule has 0 bridgehead atoms. The molecule has 2 aromatic carbocycles. The number of rotatable bonds is 4. The predicted molar refractivity (Wildman–Crippen MR) is 73.3 cm³/mol. The number of halogens is 3. The largest absolute Gasteiger partial charge is 0.384 e. The van der Waals surface area contributed by atoms with Crippen LogP contribution in [0.1, 0.15) is 11.1 Å². The minimum atomic E-state index is -0.528. The van der Waals surface area contributed by atoms with Gasteiger partial charge in [0, 0.05) is 16.2 Å². The molecule has 0 aliphatic rings. The Morgan fingerprint density at radius 1 is 1.05 bits per heavy atom. The van der Waals surface area contributed by atoms with E-state index >= 15 is 0 Å². The number of nitrogens with one attached hydrogen (secondary N) is 1. The molecule has 0 heterocycles. The van der Waals surface area contributed by atoms with Crippen LogP contribution in [-0.4, -0.2) is 5.84 Å². The van der Waals surface area contributed by atoms with Gasteiger partial charge >= 0.3 is 0 Å². The summed E-state index contributed by atoms with van der Waals surface area (Å²) >= 11 is 1.06. The first-order valence-electron chi connectivity index (χ1n) is 5.68. The van der Waals surface area contributed by atoms with Crippen LogP contribution in [0.25, 0.3) is 0 Å². The topological polar surface area (TPSA) is 49.9 Å². The van der Waals surface area contributed by atoms with E-state index in [1.54, 1.807) is 0 Å². The van der Waals surface area contributed by atoms with Gasteiger partial charge in [0.2, 0.25) is 0 Å². The third-order valence-electron chi connectivity index (χ3n) is 2.64. The first-order chi connectivity index (χ1) is 9.47. The molecule has 2 nitrogen and oxygen atoms in total. The summed E-state index contributed by atoms with van der Waals surface area (Å²) in [5, 5.41) is 7.40. The lowest BCUT2D eigenvalue weighted by Crippen LogP contribution is -2.14. The van der Waals surface area contributed by atoms with Crippen LogP contribution in [0, 0.1) is 22.9 Å². The molecule has 20 heavy (non-hydrogen) atoms. The number of benzene rings is 2. The summed E-state index contributed by atoms with van der Waals surface area (Å²) in [6.45, 7) is 0. The molecule has 0 saturated carbocycles. The molecule has 6 heteroatoms. The molecule has 0 radical (unpaired) electrons. The monoisotopic (exact) mass is 296 g/mol. The molecular formula is C14H11F3N2S. The predicted octanol–water partition coefficient (Wildman–Crippen LogP) is 3.68. The average molecular weight is 296 g/mol. The Morgan fingerprint density at radius 2 is 1.70 bits per heavy atom. The number of thioether (sulfide) groups is 1. The van der Waals surface area contributed by atoms with Gasteiger partial charge in [-0.25, -0.2) is 13.2 Å². The van der Waals surface area contributed by atoms with Crippen LogP contribution in [0.15, 0.2) is 41.3 Å². The first kappa shape index (κ1) is 14.5. The van der Waals surface area contributed by atoms with E-state index in [2.05, 4.69) is 0 Å². The Labute approximate surface area is 118 Å². The SMILES string of the molecule is N=C(N)c1cc(F)ccc1CSc1cc(F)ccc1F. The fourth-order valence-electron chi connectivity index (χ4n) is 1.67. The second-order valence-corrected chi connectivity index (χ2v) is 5.10. The van der Waals surface area contributed by atoms with Crippen molar-refractivity contribution in [1.82, 2.24) is 0 Å². The maximum absolute atomic E-state index is 13.5. The lowest BCUT2D eigenvalue weighted by Gasteiger charge is -2.09. The Morgan fingerprint density at radius 3 is 2.40 bits per heavy atom. The maximum Gasteiger partial charge on any atom is 0.136 e. The van der Waals surface area contributed by atoms with Gasteiger partial charge in [-0.15, -0.1) is 11.8 Å². The van der Waals surface area contributed by atoms with Gasteiger partial charge in [0.25, 0.3) is 0 Å². The smallest absolute Gasteiger partial charge is 0.136 e. The molecule has 0 atom stereocenters. The van der Waals surface area contributed by atoms with Crippen molar-refractivity contribution in [3.05, 3.63) is 65.0 Å². The molecule has 0 amide bonds. The standard InChI is InChI=1S/C14H11F3N2S/c15-9-2-1-8(11(5-9)14(18)19)7-20-13-6-10(16)3-4-12(13)17/h1-6H,7H2,(H3,18,19). The molecule has 0 unspecified atom stereocenters. The Hall–Kier alpha value is -1.95. The van der Waals surface area contributed by atoms with Crippen molar-refractivity contribution in [2.75, 3.05) is 0 Å². The third-order valence-corrected chi connectivity index (χ3v) is 3.72. The van der Waals surface area contributed by atoms with Crippen molar-refractivity contribution in [2.24, 2.45) is 5.73 Å². The quantitative estimate of drug-likeness (QED) is 0.513. The zero-order valence-electron chi connectivity index (χ0n) is 10.3. The van der Waals surface area contributed by atoms with Gasteiger partial charge in [0.15, 0.2) is 0 Å². The highest BCUT2D eigenvalue weighted by atomic mass is 32.2. The van der Waals surface area contributed by atoms with Crippen LogP contribution in [0.3, 0.4) is 0 Å². The number of hydrogen-bond donors (Lipinski definition) is 2. The number of nitrogen functional groups attached to an aromatic ring is 1. The van der Waals surface area contributed by atoms with Crippen LogP contribution < -0.4 is 5.73 Å². The Kier molecular flexibility index (Phi) is 4.34. The summed E-state index contributed by atoms with van der Waals surface area (Å²) in [7, 11) is 0. The summed E-state index contributed by atoms with van der Waals surface area (Å²) in [5.41, 5.74) is 6.23. The van der Waals surface area contributed by atoms with Gasteiger partial charge in [0.05, 0.1) is 0 Å². The van der Waals surface area contributed by atoms with Crippen molar-refractivity contribution in [3.63, 3.8) is 0 Å². The number of hydrogen-bond acceptors (Lipinski definition) is 2. The van der Waals surface area contributed by atoms with Gasteiger partial charge in [-0.3, -0.25) is 5.41 Å². The van der Waals surface area contributed by atoms with Crippen LogP contribution in [0.4, 0.5) is 13.2 Å². The van der Waals surface area contributed by atoms with Crippen molar-refractivity contribution >= 4 is 17.6 Å². The minimum absolute atomic E-state index is 0.156. The third kappa shape index (κ3) is 3.33. The van der Waals surface area contributed by atoms with Crippen LogP contribution in [0.2, 0.25) is 0 Å². The lowest BCUT2D eigenvalue weighted by atomic mass is 10.1. The van der Waals surface area contributed by atoms with Gasteiger partial charge < -0.3 is 5.73 Å². The Bertz CT molecular complexity index is 659. The van der Waals surface area contributed by atoms with Gasteiger partial charge in [-0.2, -0.15) is 0 Å². The normalized spacial score (nSPS) is 10.6. The molecular weight excluding hydrogens is 285 g/mol. The summed E-state index contributed by atoms with van der Waals surface area (Å²) < 4.78 is 39.6. The van der Waals surface area contributed by atoms with E-state index in [1.165, 1.54) is 12.1 Å². The fraction of sp³-hybridized carbons (Fsp3) is 0.0714. The number of nitrogens with two attached hydrogens (primary N) is 1. The Balaban J connectivity index is 2.23. The van der Waals surface area contributed by atoms with Crippen molar-refractivity contribution < 1.29 is 13.2 Å². The van der Waals surface area contributed by atoms with Gasteiger partial charge in [0.1, 0.15) is 23.3 Å². The zero-order chi connectivity index (χ0) is 14.7. The molecule has 3 N–H and O–H groups in total. The summed E-state index contributed by atoms with van der Waals surface area (Å²) in [4.78, 5) is 0.156. The average Bonchev–Trinajstić information content (AvgIpc) is 2.40. The molecule has 0 aliphatic carbocycles. The van der Waals surface area contributed by atoms with E-state index in [4.69, 9.17) is 11.1 Å². The summed E-state index contributed by atoms with van der Waals surface area (Å²) in [6, 6.07) is 7.06. The van der Waals surface area contributed by atoms with Crippen molar-refractivity contribution in [1.29, 1.82) is 5.41 Å². The van der Waals surface area contributed by atoms with Crippen LogP contribution >= 0.6 is 11.8 Å². The van der Waals surface area contributed by atoms with Crippen molar-refractivity contribution in [2.45, 2.75) is 10.6 Å². The zero-order valence-corrected chi connectivity index (χ0v) is 11.1. The summed E-state index contributed by atoms with van der Waals surface area (Å²) in [6.07, 6.45) is 0. The van der Waals surface area contributed by atoms with Crippen LogP contribution in [0.5, 0.6) is 0 Å². The van der Waals surface area contributed by atoms with E-state index in [9.17, 15) is 13.2 Å². The second-order valence-electron chi connectivity index (χ2n) is 4.08.